The van der Waals surface area contributed by atoms with E-state index in [0.717, 1.165) is 6.07 Å². The summed E-state index contributed by atoms with van der Waals surface area (Å²) in [6.07, 6.45) is -0.00136. The fraction of sp³-hybridized carbons (Fsp3) is 0.533. The number of nitrogens with one attached hydrogen (secondary N) is 2. The summed E-state index contributed by atoms with van der Waals surface area (Å²) < 4.78 is 14.1. The second kappa shape index (κ2) is 8.53. The fourth-order valence-corrected chi connectivity index (χ4v) is 2.48. The van der Waals surface area contributed by atoms with Crippen LogP contribution in [-0.2, 0) is 0 Å². The van der Waals surface area contributed by atoms with Crippen LogP contribution in [-0.4, -0.2) is 28.3 Å². The van der Waals surface area contributed by atoms with Crippen molar-refractivity contribution >= 4 is 23.5 Å². The third-order valence-corrected chi connectivity index (χ3v) is 3.62. The normalized spacial score (nSPS) is 13.3. The molecule has 0 aliphatic rings. The molecule has 6 nitrogen and oxygen atoms in total. The molecule has 3 N–H and O–H groups in total. The maximum absolute atomic E-state index is 14.1. The van der Waals surface area contributed by atoms with Gasteiger partial charge in [-0.2, -0.15) is 5.26 Å². The topological polar surface area (TPSA) is 98.0 Å². The number of halogens is 2. The van der Waals surface area contributed by atoms with Crippen molar-refractivity contribution in [1.29, 1.82) is 5.26 Å². The lowest BCUT2D eigenvalue weighted by atomic mass is 9.95. The van der Waals surface area contributed by atoms with Crippen molar-refractivity contribution in [3.05, 3.63) is 22.6 Å². The molecule has 1 aromatic heterocycles. The maximum atomic E-state index is 14.1. The number of rotatable bonds is 7. The van der Waals surface area contributed by atoms with Gasteiger partial charge in [-0.15, -0.1) is 0 Å². The van der Waals surface area contributed by atoms with Gasteiger partial charge >= 0.3 is 6.09 Å². The van der Waals surface area contributed by atoms with Crippen molar-refractivity contribution in [3.63, 3.8) is 0 Å². The SMILES string of the molecule is CC[C@H](NC(=O)O)[C@@H](CC(C)C)Nc1nc(Cl)c(C#N)cc1F. The zero-order valence-electron chi connectivity index (χ0n) is 13.2. The van der Waals surface area contributed by atoms with Crippen molar-refractivity contribution in [2.75, 3.05) is 5.32 Å². The molecule has 0 aliphatic carbocycles. The number of nitrogens with zero attached hydrogens (tertiary/aromatic N) is 2. The van der Waals surface area contributed by atoms with Crippen LogP contribution in [0.25, 0.3) is 0 Å². The number of pyridine rings is 1. The van der Waals surface area contributed by atoms with Crippen LogP contribution >= 0.6 is 11.6 Å². The molecule has 0 saturated heterocycles. The van der Waals surface area contributed by atoms with Crippen molar-refractivity contribution in [2.24, 2.45) is 5.92 Å². The van der Waals surface area contributed by atoms with Crippen LogP contribution in [0.4, 0.5) is 15.0 Å². The third-order valence-electron chi connectivity index (χ3n) is 3.33. The molecule has 0 spiro atoms. The average molecular weight is 343 g/mol. The first kappa shape index (κ1) is 19.0. The monoisotopic (exact) mass is 342 g/mol. The Labute approximate surface area is 139 Å². The summed E-state index contributed by atoms with van der Waals surface area (Å²) in [6, 6.07) is 2.00. The highest BCUT2D eigenvalue weighted by molar-refractivity contribution is 6.30. The lowest BCUT2D eigenvalue weighted by Crippen LogP contribution is -2.46. The Morgan fingerprint density at radius 3 is 2.65 bits per heavy atom. The van der Waals surface area contributed by atoms with Crippen molar-refractivity contribution < 1.29 is 14.3 Å². The molecule has 1 rings (SSSR count). The smallest absolute Gasteiger partial charge is 0.404 e. The molecule has 0 radical (unpaired) electrons. The molecule has 1 heterocycles. The molecule has 0 aromatic carbocycles. The van der Waals surface area contributed by atoms with E-state index in [2.05, 4.69) is 15.6 Å². The Hall–Kier alpha value is -2.07. The number of carboxylic acid groups (broad SMARTS) is 1. The average Bonchev–Trinajstić information content (AvgIpc) is 2.46. The van der Waals surface area contributed by atoms with Crippen LogP contribution in [0.3, 0.4) is 0 Å². The molecular formula is C15H20ClFN4O2. The van der Waals surface area contributed by atoms with E-state index in [0.29, 0.717) is 12.8 Å². The first-order valence-electron chi connectivity index (χ1n) is 7.30. The Morgan fingerprint density at radius 2 is 2.17 bits per heavy atom. The number of amides is 1. The number of nitriles is 1. The van der Waals surface area contributed by atoms with E-state index in [1.165, 1.54) is 0 Å². The molecule has 0 unspecified atom stereocenters. The van der Waals surface area contributed by atoms with E-state index in [1.54, 1.807) is 6.07 Å². The lowest BCUT2D eigenvalue weighted by molar-refractivity contribution is 0.186. The van der Waals surface area contributed by atoms with Gasteiger partial charge in [0.05, 0.1) is 11.6 Å². The van der Waals surface area contributed by atoms with E-state index >= 15 is 0 Å². The van der Waals surface area contributed by atoms with Crippen LogP contribution in [0.5, 0.6) is 0 Å². The number of aromatic nitrogens is 1. The molecule has 0 aliphatic heterocycles. The summed E-state index contributed by atoms with van der Waals surface area (Å²) in [6.45, 7) is 5.81. The second-order valence-electron chi connectivity index (χ2n) is 5.61. The van der Waals surface area contributed by atoms with Gasteiger partial charge in [0.15, 0.2) is 11.6 Å². The van der Waals surface area contributed by atoms with Crippen LogP contribution in [0.15, 0.2) is 6.07 Å². The molecule has 0 fully saturated rings. The first-order chi connectivity index (χ1) is 10.8. The van der Waals surface area contributed by atoms with Gasteiger partial charge in [-0.3, -0.25) is 0 Å². The number of hydrogen-bond acceptors (Lipinski definition) is 4. The Morgan fingerprint density at radius 1 is 1.52 bits per heavy atom. The summed E-state index contributed by atoms with van der Waals surface area (Å²) in [7, 11) is 0. The molecule has 0 bridgehead atoms. The first-order valence-corrected chi connectivity index (χ1v) is 7.68. The van der Waals surface area contributed by atoms with Gasteiger partial charge < -0.3 is 15.7 Å². The van der Waals surface area contributed by atoms with Crippen molar-refractivity contribution in [1.82, 2.24) is 10.3 Å². The largest absolute Gasteiger partial charge is 0.465 e. The second-order valence-corrected chi connectivity index (χ2v) is 5.97. The minimum Gasteiger partial charge on any atom is -0.465 e. The molecule has 0 saturated carbocycles. The number of anilines is 1. The van der Waals surface area contributed by atoms with E-state index in [9.17, 15) is 9.18 Å². The lowest BCUT2D eigenvalue weighted by Gasteiger charge is -2.29. The van der Waals surface area contributed by atoms with Crippen molar-refractivity contribution in [2.45, 2.75) is 45.7 Å². The maximum Gasteiger partial charge on any atom is 0.404 e. The quantitative estimate of drug-likeness (QED) is 0.657. The molecule has 8 heteroatoms. The molecule has 1 amide bonds. The highest BCUT2D eigenvalue weighted by atomic mass is 35.5. The van der Waals surface area contributed by atoms with Crippen LogP contribution in [0.1, 0.15) is 39.2 Å². The third kappa shape index (κ3) is 5.57. The highest BCUT2D eigenvalue weighted by Gasteiger charge is 2.24. The zero-order valence-corrected chi connectivity index (χ0v) is 14.0. The summed E-state index contributed by atoms with van der Waals surface area (Å²) >= 11 is 5.84. The molecule has 1 aromatic rings. The predicted molar refractivity (Wildman–Crippen MR) is 86.0 cm³/mol. The Balaban J connectivity index is 3.08. The summed E-state index contributed by atoms with van der Waals surface area (Å²) in [5.74, 6) is -0.538. The molecule has 23 heavy (non-hydrogen) atoms. The van der Waals surface area contributed by atoms with Gasteiger partial charge in [0.1, 0.15) is 11.2 Å². The predicted octanol–water partition coefficient (Wildman–Crippen LogP) is 3.62. The van der Waals surface area contributed by atoms with E-state index < -0.39 is 18.0 Å². The minimum atomic E-state index is -1.14. The Bertz CT molecular complexity index is 604. The van der Waals surface area contributed by atoms with Gasteiger partial charge in [0.2, 0.25) is 0 Å². The number of hydrogen-bond donors (Lipinski definition) is 3. The minimum absolute atomic E-state index is 0.0502. The zero-order chi connectivity index (χ0) is 17.6. The van der Waals surface area contributed by atoms with Gasteiger partial charge in [-0.1, -0.05) is 32.4 Å². The highest BCUT2D eigenvalue weighted by Crippen LogP contribution is 2.23. The van der Waals surface area contributed by atoms with E-state index in [-0.39, 0.29) is 28.5 Å². The van der Waals surface area contributed by atoms with E-state index in [1.807, 2.05) is 20.8 Å². The van der Waals surface area contributed by atoms with Crippen LogP contribution in [0.2, 0.25) is 5.15 Å². The molecular weight excluding hydrogens is 323 g/mol. The summed E-state index contributed by atoms with van der Waals surface area (Å²) in [5, 5.41) is 23.0. The molecule has 126 valence electrons. The fourth-order valence-electron chi connectivity index (χ4n) is 2.30. The molecule has 2 atom stereocenters. The van der Waals surface area contributed by atoms with E-state index in [4.69, 9.17) is 22.0 Å². The van der Waals surface area contributed by atoms with Crippen LogP contribution in [0, 0.1) is 23.1 Å². The number of carbonyl (C=O) groups is 1. The summed E-state index contributed by atoms with van der Waals surface area (Å²) in [4.78, 5) is 14.8. The van der Waals surface area contributed by atoms with Gasteiger partial charge in [0.25, 0.3) is 0 Å². The van der Waals surface area contributed by atoms with Crippen molar-refractivity contribution in [3.8, 4) is 6.07 Å². The van der Waals surface area contributed by atoms with Gasteiger partial charge in [-0.25, -0.2) is 14.2 Å². The standard InChI is InChI=1S/C15H20ClFN4O2/c1-4-11(20-15(22)23)12(5-8(2)3)19-14-10(17)6-9(7-18)13(16)21-14/h6,8,11-12,20H,4-5H2,1-3H3,(H,19,21)(H,22,23)/t11-,12+/m0/s1. The van der Waals surface area contributed by atoms with Gasteiger partial charge in [0, 0.05) is 6.04 Å². The van der Waals surface area contributed by atoms with Crippen LogP contribution < -0.4 is 10.6 Å². The van der Waals surface area contributed by atoms with Gasteiger partial charge in [-0.05, 0) is 24.8 Å². The summed E-state index contributed by atoms with van der Waals surface area (Å²) in [5.41, 5.74) is -0.0502. The Kier molecular flexibility index (Phi) is 7.04.